The van der Waals surface area contributed by atoms with Gasteiger partial charge in [0.2, 0.25) is 10.0 Å². The third kappa shape index (κ3) is 4.58. The Morgan fingerprint density at radius 3 is 2.80 bits per heavy atom. The Morgan fingerprint density at radius 1 is 1.30 bits per heavy atom. The van der Waals surface area contributed by atoms with Crippen LogP contribution in [0.25, 0.3) is 0 Å². The molecule has 1 aliphatic rings. The fourth-order valence-electron chi connectivity index (χ4n) is 1.81. The first-order valence-electron chi connectivity index (χ1n) is 6.07. The molecule has 8 heteroatoms. The average molecular weight is 340 g/mol. The van der Waals surface area contributed by atoms with Gasteiger partial charge in [-0.15, -0.1) is 0 Å². The molecule has 1 aliphatic heterocycles. The van der Waals surface area contributed by atoms with E-state index in [0.717, 1.165) is 0 Å². The maximum atomic E-state index is 11.9. The third-order valence-corrected chi connectivity index (χ3v) is 5.06. The van der Waals surface area contributed by atoms with E-state index in [1.54, 1.807) is 18.2 Å². The quantitative estimate of drug-likeness (QED) is 0.888. The topological polar surface area (TPSA) is 64.6 Å². The fraction of sp³-hybridized carbons (Fsp3) is 0.500. The molecule has 0 aromatic heterocycles. The molecule has 20 heavy (non-hydrogen) atoms. The first kappa shape index (κ1) is 16.0. The van der Waals surface area contributed by atoms with Crippen LogP contribution in [0.3, 0.4) is 0 Å². The molecule has 0 radical (unpaired) electrons. The smallest absolute Gasteiger partial charge is 0.214 e. The van der Waals surface area contributed by atoms with Crippen LogP contribution in [-0.2, 0) is 26.0 Å². The average Bonchev–Trinajstić information content (AvgIpc) is 2.41. The third-order valence-electron chi connectivity index (χ3n) is 2.80. The molecule has 1 heterocycles. The lowest BCUT2D eigenvalue weighted by molar-refractivity contribution is -0.0783. The first-order chi connectivity index (χ1) is 9.48. The highest BCUT2D eigenvalue weighted by molar-refractivity contribution is 7.89. The highest BCUT2D eigenvalue weighted by atomic mass is 35.5. The van der Waals surface area contributed by atoms with Crippen molar-refractivity contribution in [2.75, 3.05) is 25.6 Å². The van der Waals surface area contributed by atoms with E-state index in [0.29, 0.717) is 35.4 Å². The molecule has 1 atom stereocenters. The summed E-state index contributed by atoms with van der Waals surface area (Å²) in [5.74, 6) is -0.134. The summed E-state index contributed by atoms with van der Waals surface area (Å²) in [4.78, 5) is 0. The van der Waals surface area contributed by atoms with Gasteiger partial charge in [-0.2, -0.15) is 0 Å². The Bertz CT molecular complexity index is 559. The molecule has 5 nitrogen and oxygen atoms in total. The van der Waals surface area contributed by atoms with Gasteiger partial charge in [-0.05, 0) is 11.6 Å². The van der Waals surface area contributed by atoms with E-state index < -0.39 is 16.1 Å². The van der Waals surface area contributed by atoms with Gasteiger partial charge in [-0.25, -0.2) is 13.1 Å². The first-order valence-corrected chi connectivity index (χ1v) is 8.48. The van der Waals surface area contributed by atoms with E-state index >= 15 is 0 Å². The minimum Gasteiger partial charge on any atom is -0.376 e. The van der Waals surface area contributed by atoms with Gasteiger partial charge in [0, 0.05) is 6.54 Å². The summed E-state index contributed by atoms with van der Waals surface area (Å²) >= 11 is 11.9. The van der Waals surface area contributed by atoms with Crippen molar-refractivity contribution >= 4 is 33.2 Å². The number of halogens is 2. The number of hydrogen-bond acceptors (Lipinski definition) is 4. The van der Waals surface area contributed by atoms with E-state index in [4.69, 9.17) is 32.7 Å². The molecule has 1 fully saturated rings. The predicted molar refractivity (Wildman–Crippen MR) is 77.6 cm³/mol. The second-order valence-electron chi connectivity index (χ2n) is 4.38. The van der Waals surface area contributed by atoms with Crippen molar-refractivity contribution in [3.05, 3.63) is 33.8 Å². The molecule has 0 spiro atoms. The molecule has 1 saturated heterocycles. The van der Waals surface area contributed by atoms with Gasteiger partial charge in [-0.1, -0.05) is 35.3 Å². The van der Waals surface area contributed by atoms with Crippen molar-refractivity contribution in [3.8, 4) is 0 Å². The number of nitrogens with one attached hydrogen (secondary N) is 1. The maximum Gasteiger partial charge on any atom is 0.214 e. The zero-order valence-electron chi connectivity index (χ0n) is 10.6. The molecule has 1 unspecified atom stereocenters. The lowest BCUT2D eigenvalue weighted by Crippen LogP contribution is -2.38. The zero-order chi connectivity index (χ0) is 14.6. The monoisotopic (exact) mass is 339 g/mol. The number of benzene rings is 1. The van der Waals surface area contributed by atoms with Crippen molar-refractivity contribution in [1.82, 2.24) is 4.72 Å². The Morgan fingerprint density at radius 2 is 2.10 bits per heavy atom. The minimum absolute atomic E-state index is 0.0926. The van der Waals surface area contributed by atoms with Crippen molar-refractivity contribution < 1.29 is 17.9 Å². The molecule has 1 N–H and O–H groups in total. The molecule has 1 aromatic rings. The molecule has 1 aromatic carbocycles. The summed E-state index contributed by atoms with van der Waals surface area (Å²) in [6, 6.07) is 5.09. The van der Waals surface area contributed by atoms with Gasteiger partial charge in [0.15, 0.2) is 0 Å². The lowest BCUT2D eigenvalue weighted by Gasteiger charge is -2.22. The summed E-state index contributed by atoms with van der Waals surface area (Å²) in [5, 5.41) is 0.751. The standard InChI is InChI=1S/C12H15Cl2NO4S/c13-11-3-1-2-9(12(11)14)6-15-20(16,17)8-10-7-18-4-5-19-10/h1-3,10,15H,4-8H2. The SMILES string of the molecule is O=S(=O)(CC1COCCO1)NCc1cccc(Cl)c1Cl. The van der Waals surface area contributed by atoms with E-state index in [-0.39, 0.29) is 12.3 Å². The van der Waals surface area contributed by atoms with Gasteiger partial charge in [0.05, 0.1) is 41.7 Å². The van der Waals surface area contributed by atoms with Crippen molar-refractivity contribution in [3.63, 3.8) is 0 Å². The molecule has 0 amide bonds. The van der Waals surface area contributed by atoms with Crippen LogP contribution in [0.2, 0.25) is 10.0 Å². The van der Waals surface area contributed by atoms with Gasteiger partial charge in [0.1, 0.15) is 0 Å². The minimum atomic E-state index is -3.47. The van der Waals surface area contributed by atoms with E-state index in [1.807, 2.05) is 0 Å². The molecule has 112 valence electrons. The van der Waals surface area contributed by atoms with Crippen LogP contribution in [0.5, 0.6) is 0 Å². The van der Waals surface area contributed by atoms with Crippen LogP contribution in [0, 0.1) is 0 Å². The molecular weight excluding hydrogens is 325 g/mol. The fourth-order valence-corrected chi connectivity index (χ4v) is 3.37. The van der Waals surface area contributed by atoms with Crippen LogP contribution in [-0.4, -0.2) is 40.1 Å². The van der Waals surface area contributed by atoms with Crippen molar-refractivity contribution in [2.45, 2.75) is 12.6 Å². The van der Waals surface area contributed by atoms with Gasteiger partial charge in [-0.3, -0.25) is 0 Å². The summed E-state index contributed by atoms with van der Waals surface area (Å²) in [6.07, 6.45) is -0.434. The van der Waals surface area contributed by atoms with E-state index in [2.05, 4.69) is 4.72 Å². The Labute approximate surface area is 128 Å². The molecule has 0 saturated carbocycles. The van der Waals surface area contributed by atoms with Crippen LogP contribution in [0.4, 0.5) is 0 Å². The second kappa shape index (κ2) is 7.06. The Kier molecular flexibility index (Phi) is 5.65. The summed E-state index contributed by atoms with van der Waals surface area (Å²) in [7, 11) is -3.47. The maximum absolute atomic E-state index is 11.9. The molecule has 0 aliphatic carbocycles. The molecular formula is C12H15Cl2NO4S. The lowest BCUT2D eigenvalue weighted by atomic mass is 10.2. The number of sulfonamides is 1. The Hall–Kier alpha value is -0.370. The highest BCUT2D eigenvalue weighted by Crippen LogP contribution is 2.25. The van der Waals surface area contributed by atoms with Gasteiger partial charge in [0.25, 0.3) is 0 Å². The van der Waals surface area contributed by atoms with E-state index in [1.165, 1.54) is 0 Å². The van der Waals surface area contributed by atoms with Crippen LogP contribution in [0.1, 0.15) is 5.56 Å². The summed E-state index contributed by atoms with van der Waals surface area (Å²) in [6.45, 7) is 1.30. The van der Waals surface area contributed by atoms with Gasteiger partial charge < -0.3 is 9.47 Å². The highest BCUT2D eigenvalue weighted by Gasteiger charge is 2.22. The van der Waals surface area contributed by atoms with Crippen molar-refractivity contribution in [2.24, 2.45) is 0 Å². The van der Waals surface area contributed by atoms with E-state index in [9.17, 15) is 8.42 Å². The van der Waals surface area contributed by atoms with Crippen LogP contribution >= 0.6 is 23.2 Å². The number of ether oxygens (including phenoxy) is 2. The summed E-state index contributed by atoms with van der Waals surface area (Å²) in [5.41, 5.74) is 0.628. The Balaban J connectivity index is 1.93. The molecule has 2 rings (SSSR count). The normalized spacial score (nSPS) is 20.0. The second-order valence-corrected chi connectivity index (χ2v) is 7.02. The number of rotatable bonds is 5. The molecule has 0 bridgehead atoms. The number of hydrogen-bond donors (Lipinski definition) is 1. The summed E-state index contributed by atoms with van der Waals surface area (Å²) < 4.78 is 36.9. The van der Waals surface area contributed by atoms with Gasteiger partial charge >= 0.3 is 0 Å². The largest absolute Gasteiger partial charge is 0.376 e. The predicted octanol–water partition coefficient (Wildman–Crippen LogP) is 1.83. The van der Waals surface area contributed by atoms with Crippen LogP contribution < -0.4 is 4.72 Å². The zero-order valence-corrected chi connectivity index (χ0v) is 13.0. The van der Waals surface area contributed by atoms with Crippen LogP contribution in [0.15, 0.2) is 18.2 Å². The van der Waals surface area contributed by atoms with Crippen molar-refractivity contribution in [1.29, 1.82) is 0 Å².